The average molecular weight is 695 g/mol. The van der Waals surface area contributed by atoms with E-state index in [1.54, 1.807) is 6.07 Å². The van der Waals surface area contributed by atoms with E-state index in [2.05, 4.69) is 40.7 Å². The average Bonchev–Trinajstić information content (AvgIpc) is 3.10. The molecule has 7 rings (SSSR count). The Bertz CT molecular complexity index is 1810. The molecule has 0 radical (unpaired) electrons. The molecule has 4 aliphatic rings. The predicted molar refractivity (Wildman–Crippen MR) is 203 cm³/mol. The van der Waals surface area contributed by atoms with Gasteiger partial charge in [-0.05, 0) is 97.7 Å². The van der Waals surface area contributed by atoms with E-state index in [-0.39, 0.29) is 46.0 Å². The van der Waals surface area contributed by atoms with Crippen molar-refractivity contribution >= 4 is 16.9 Å². The van der Waals surface area contributed by atoms with Crippen molar-refractivity contribution in [3.05, 3.63) is 70.4 Å². The molecule has 274 valence electrons. The number of hydrogen-bond donors (Lipinski definition) is 1. The van der Waals surface area contributed by atoms with Crippen molar-refractivity contribution < 1.29 is 23.8 Å². The molecule has 0 amide bonds. The van der Waals surface area contributed by atoms with Gasteiger partial charge in [0.2, 0.25) is 0 Å². The SMILES string of the molecule is CC(C)CCCC(C)C1CCC2C3CC=C4CC(OC(=O)COc5cc(O)c6c(=O)cc(-c7ccccc7)oc6c5)CCC4(C)C3CCC2(C)C1. The first-order chi connectivity index (χ1) is 24.4. The normalized spacial score (nSPS) is 30.9. The van der Waals surface area contributed by atoms with Crippen LogP contribution in [0.2, 0.25) is 0 Å². The molecule has 0 saturated heterocycles. The molecule has 1 N–H and O–H groups in total. The van der Waals surface area contributed by atoms with Crippen molar-refractivity contribution in [2.75, 3.05) is 6.61 Å². The summed E-state index contributed by atoms with van der Waals surface area (Å²) >= 11 is 0. The maximum absolute atomic E-state index is 13.0. The maximum atomic E-state index is 13.0. The number of carbonyl (C=O) groups excluding carboxylic acids is 1. The number of benzene rings is 2. The molecule has 6 nitrogen and oxygen atoms in total. The molecule has 0 aliphatic heterocycles. The summed E-state index contributed by atoms with van der Waals surface area (Å²) < 4.78 is 17.8. The van der Waals surface area contributed by atoms with Crippen LogP contribution < -0.4 is 10.2 Å². The fraction of sp³-hybridized carbons (Fsp3) is 0.600. The Labute approximate surface area is 304 Å². The Kier molecular flexibility index (Phi) is 10.2. The highest BCUT2D eigenvalue weighted by atomic mass is 16.6. The van der Waals surface area contributed by atoms with Crippen molar-refractivity contribution in [2.24, 2.45) is 46.3 Å². The van der Waals surface area contributed by atoms with Crippen molar-refractivity contribution in [1.82, 2.24) is 0 Å². The summed E-state index contributed by atoms with van der Waals surface area (Å²) in [6.45, 7) is 12.1. The highest BCUT2D eigenvalue weighted by Gasteiger charge is 2.56. The minimum atomic E-state index is -0.430. The second-order valence-corrected chi connectivity index (χ2v) is 17.6. The lowest BCUT2D eigenvalue weighted by Gasteiger charge is -2.61. The van der Waals surface area contributed by atoms with Gasteiger partial charge in [-0.3, -0.25) is 4.79 Å². The Morgan fingerprint density at radius 2 is 1.78 bits per heavy atom. The van der Waals surface area contributed by atoms with Crippen LogP contribution in [-0.4, -0.2) is 23.8 Å². The van der Waals surface area contributed by atoms with E-state index in [0.717, 1.165) is 60.3 Å². The summed E-state index contributed by atoms with van der Waals surface area (Å²) in [4.78, 5) is 25.9. The highest BCUT2D eigenvalue weighted by Crippen LogP contribution is 2.65. The molecule has 6 heteroatoms. The van der Waals surface area contributed by atoms with Gasteiger partial charge < -0.3 is 19.0 Å². The molecular formula is C45H58O6. The standard InChI is InChI=1S/C45H58O6/c1-28(2)10-9-11-29(3)31-14-17-36-35-16-15-32-22-33(18-21-45(32,5)37(35)19-20-44(36,4)26-31)50-42(48)27-49-34-23-38(46)43-39(47)25-40(51-41(43)24-34)30-12-7-6-8-13-30/h6-8,12-13,15,23-25,28-29,31,33,35-37,46H,9-11,14,16-22,26-27H2,1-5H3. The monoisotopic (exact) mass is 694 g/mol. The molecular weight excluding hydrogens is 636 g/mol. The molecule has 51 heavy (non-hydrogen) atoms. The quantitative estimate of drug-likeness (QED) is 0.168. The zero-order valence-electron chi connectivity index (χ0n) is 31.4. The molecule has 3 saturated carbocycles. The molecule has 3 aromatic rings. The van der Waals surface area contributed by atoms with Crippen LogP contribution in [0.1, 0.15) is 112 Å². The van der Waals surface area contributed by atoms with Gasteiger partial charge >= 0.3 is 5.97 Å². The van der Waals surface area contributed by atoms with Crippen LogP contribution in [0.25, 0.3) is 22.3 Å². The highest BCUT2D eigenvalue weighted by molar-refractivity contribution is 5.86. The number of aromatic hydroxyl groups is 1. The minimum absolute atomic E-state index is 0.0789. The van der Waals surface area contributed by atoms with Crippen LogP contribution in [0.3, 0.4) is 0 Å². The van der Waals surface area contributed by atoms with E-state index in [9.17, 15) is 14.7 Å². The lowest BCUT2D eigenvalue weighted by atomic mass is 9.44. The molecule has 8 unspecified atom stereocenters. The van der Waals surface area contributed by atoms with E-state index in [1.165, 1.54) is 75.5 Å². The first kappa shape index (κ1) is 35.8. The maximum Gasteiger partial charge on any atom is 0.344 e. The van der Waals surface area contributed by atoms with E-state index in [1.807, 2.05) is 30.3 Å². The van der Waals surface area contributed by atoms with Crippen LogP contribution >= 0.6 is 0 Å². The second kappa shape index (κ2) is 14.5. The second-order valence-electron chi connectivity index (χ2n) is 17.6. The number of esters is 1. The molecule has 0 spiro atoms. The van der Waals surface area contributed by atoms with Gasteiger partial charge in [-0.15, -0.1) is 0 Å². The van der Waals surface area contributed by atoms with E-state index >= 15 is 0 Å². The third kappa shape index (κ3) is 7.26. The molecule has 1 heterocycles. The van der Waals surface area contributed by atoms with Gasteiger partial charge in [-0.1, -0.05) is 95.9 Å². The Hall–Kier alpha value is -3.54. The minimum Gasteiger partial charge on any atom is -0.507 e. The van der Waals surface area contributed by atoms with Crippen LogP contribution in [-0.2, 0) is 9.53 Å². The zero-order chi connectivity index (χ0) is 35.9. The van der Waals surface area contributed by atoms with E-state index in [4.69, 9.17) is 13.9 Å². The summed E-state index contributed by atoms with van der Waals surface area (Å²) in [7, 11) is 0. The largest absolute Gasteiger partial charge is 0.507 e. The van der Waals surface area contributed by atoms with Crippen molar-refractivity contribution in [1.29, 1.82) is 0 Å². The number of allylic oxidation sites excluding steroid dienone is 1. The lowest BCUT2D eigenvalue weighted by molar-refractivity contribution is -0.154. The molecule has 2 aromatic carbocycles. The summed E-state index contributed by atoms with van der Waals surface area (Å²) in [6.07, 6.45) is 17.3. The summed E-state index contributed by atoms with van der Waals surface area (Å²) in [6, 6.07) is 13.6. The topological polar surface area (TPSA) is 86.0 Å². The fourth-order valence-corrected chi connectivity index (χ4v) is 11.0. The van der Waals surface area contributed by atoms with Crippen LogP contribution in [0, 0.1) is 46.3 Å². The first-order valence-electron chi connectivity index (χ1n) is 19.8. The number of rotatable bonds is 10. The van der Waals surface area contributed by atoms with Gasteiger partial charge in [0, 0.05) is 30.2 Å². The van der Waals surface area contributed by atoms with Crippen molar-refractivity contribution in [3.63, 3.8) is 0 Å². The van der Waals surface area contributed by atoms with Crippen LogP contribution in [0.4, 0.5) is 0 Å². The Morgan fingerprint density at radius 3 is 2.57 bits per heavy atom. The third-order valence-electron chi connectivity index (χ3n) is 13.9. The summed E-state index contributed by atoms with van der Waals surface area (Å²) in [5.41, 5.74) is 2.76. The smallest absolute Gasteiger partial charge is 0.344 e. The first-order valence-corrected chi connectivity index (χ1v) is 19.8. The van der Waals surface area contributed by atoms with Crippen LogP contribution in [0.5, 0.6) is 11.5 Å². The number of carbonyl (C=O) groups is 1. The molecule has 0 bridgehead atoms. The van der Waals surface area contributed by atoms with Gasteiger partial charge in [-0.25, -0.2) is 4.79 Å². The van der Waals surface area contributed by atoms with Gasteiger partial charge in [0.25, 0.3) is 0 Å². The number of phenolic OH excluding ortho intramolecular Hbond substituents is 1. The molecule has 8 atom stereocenters. The van der Waals surface area contributed by atoms with Gasteiger partial charge in [0.05, 0.1) is 0 Å². The fourth-order valence-electron chi connectivity index (χ4n) is 11.0. The van der Waals surface area contributed by atoms with Gasteiger partial charge in [-0.2, -0.15) is 0 Å². The number of fused-ring (bicyclic) bond motifs is 6. The van der Waals surface area contributed by atoms with Gasteiger partial charge in [0.1, 0.15) is 34.3 Å². The van der Waals surface area contributed by atoms with E-state index in [0.29, 0.717) is 11.2 Å². The van der Waals surface area contributed by atoms with Crippen molar-refractivity contribution in [2.45, 2.75) is 118 Å². The Balaban J connectivity index is 0.956. The van der Waals surface area contributed by atoms with E-state index < -0.39 is 5.97 Å². The third-order valence-corrected chi connectivity index (χ3v) is 13.9. The lowest BCUT2D eigenvalue weighted by Crippen LogP contribution is -2.52. The summed E-state index contributed by atoms with van der Waals surface area (Å²) in [5.74, 6) is 4.80. The summed E-state index contributed by atoms with van der Waals surface area (Å²) in [5, 5.41) is 10.7. The molecule has 3 fully saturated rings. The number of ether oxygens (including phenoxy) is 2. The van der Waals surface area contributed by atoms with Crippen LogP contribution in [0.15, 0.2) is 69.4 Å². The number of phenols is 1. The predicted octanol–water partition coefficient (Wildman–Crippen LogP) is 10.9. The van der Waals surface area contributed by atoms with Crippen molar-refractivity contribution in [3.8, 4) is 22.8 Å². The Morgan fingerprint density at radius 1 is 0.980 bits per heavy atom. The molecule has 1 aromatic heterocycles. The molecule has 4 aliphatic carbocycles. The zero-order valence-corrected chi connectivity index (χ0v) is 31.4. The number of hydrogen-bond acceptors (Lipinski definition) is 6. The van der Waals surface area contributed by atoms with Gasteiger partial charge in [0.15, 0.2) is 12.0 Å².